The Morgan fingerprint density at radius 1 is 0.971 bits per heavy atom. The molecule has 2 fully saturated rings. The summed E-state index contributed by atoms with van der Waals surface area (Å²) in [5.74, 6) is -0.594. The molecular weight excluding hydrogens is 464 g/mol. The van der Waals surface area contributed by atoms with Crippen LogP contribution in [0.2, 0.25) is 0 Å². The summed E-state index contributed by atoms with van der Waals surface area (Å²) in [6.07, 6.45) is 8.56. The van der Waals surface area contributed by atoms with Gasteiger partial charge >= 0.3 is 0 Å². The first-order valence-corrected chi connectivity index (χ1v) is 13.4. The van der Waals surface area contributed by atoms with Crippen LogP contribution in [0.5, 0.6) is 0 Å². The van der Waals surface area contributed by atoms with Gasteiger partial charge in [0.1, 0.15) is 11.1 Å². The maximum atomic E-state index is 13.5. The molecular formula is C26H34N4O4S. The molecule has 0 atom stereocenters. The van der Waals surface area contributed by atoms with Crippen LogP contribution in [0.25, 0.3) is 0 Å². The number of carbonyl (C=O) groups is 3. The minimum absolute atomic E-state index is 0.0218. The topological polar surface area (TPSA) is 91.7 Å². The lowest BCUT2D eigenvalue weighted by Gasteiger charge is -2.34. The number of aromatic nitrogens is 1. The molecule has 4 rings (SSSR count). The van der Waals surface area contributed by atoms with Crippen molar-refractivity contribution in [2.75, 3.05) is 32.7 Å². The largest absolute Gasteiger partial charge is 0.352 e. The van der Waals surface area contributed by atoms with Crippen LogP contribution in [-0.4, -0.2) is 64.8 Å². The van der Waals surface area contributed by atoms with Crippen molar-refractivity contribution in [3.8, 4) is 0 Å². The average molecular weight is 499 g/mol. The highest BCUT2D eigenvalue weighted by Crippen LogP contribution is 2.28. The van der Waals surface area contributed by atoms with Gasteiger partial charge in [0.05, 0.1) is 4.88 Å². The summed E-state index contributed by atoms with van der Waals surface area (Å²) >= 11 is 1.40. The van der Waals surface area contributed by atoms with Crippen molar-refractivity contribution in [1.82, 2.24) is 19.7 Å². The third-order valence-electron chi connectivity index (χ3n) is 6.77. The second-order valence-electron chi connectivity index (χ2n) is 9.82. The number of nitrogens with one attached hydrogen (secondary N) is 1. The van der Waals surface area contributed by atoms with Gasteiger partial charge in [0.2, 0.25) is 5.43 Å². The van der Waals surface area contributed by atoms with Crippen LogP contribution in [0.3, 0.4) is 0 Å². The average Bonchev–Trinajstić information content (AvgIpc) is 3.42. The maximum Gasteiger partial charge on any atom is 0.264 e. The number of piperazine rings is 1. The van der Waals surface area contributed by atoms with Crippen molar-refractivity contribution < 1.29 is 14.4 Å². The highest BCUT2D eigenvalue weighted by Gasteiger charge is 2.29. The molecule has 1 saturated carbocycles. The molecule has 0 aromatic carbocycles. The van der Waals surface area contributed by atoms with E-state index < -0.39 is 11.3 Å². The third kappa shape index (κ3) is 5.83. The summed E-state index contributed by atoms with van der Waals surface area (Å²) in [7, 11) is 0. The first-order valence-electron chi connectivity index (χ1n) is 12.5. The number of hydrogen-bond donors (Lipinski definition) is 1. The van der Waals surface area contributed by atoms with Crippen LogP contribution in [0, 0.1) is 5.92 Å². The molecule has 1 aliphatic carbocycles. The van der Waals surface area contributed by atoms with Gasteiger partial charge in [-0.2, -0.15) is 0 Å². The molecule has 3 heterocycles. The van der Waals surface area contributed by atoms with Gasteiger partial charge in [-0.05, 0) is 30.2 Å². The molecule has 2 aliphatic rings. The van der Waals surface area contributed by atoms with Gasteiger partial charge in [0.25, 0.3) is 17.7 Å². The van der Waals surface area contributed by atoms with Crippen LogP contribution in [0.1, 0.15) is 82.4 Å². The van der Waals surface area contributed by atoms with Crippen LogP contribution in [-0.2, 0) is 0 Å². The lowest BCUT2D eigenvalue weighted by molar-refractivity contribution is 0.0536. The van der Waals surface area contributed by atoms with E-state index in [-0.39, 0.29) is 34.9 Å². The Kier molecular flexibility index (Phi) is 8.05. The molecule has 2 aromatic heterocycles. The number of nitrogens with zero attached hydrogens (tertiary/aromatic N) is 3. The number of hydrogen-bond acceptors (Lipinski definition) is 5. The molecule has 2 aromatic rings. The van der Waals surface area contributed by atoms with E-state index in [0.29, 0.717) is 37.6 Å². The van der Waals surface area contributed by atoms with Gasteiger partial charge in [0.15, 0.2) is 0 Å². The highest BCUT2D eigenvalue weighted by atomic mass is 32.1. The normalized spacial score (nSPS) is 17.0. The van der Waals surface area contributed by atoms with Crippen LogP contribution < -0.4 is 10.7 Å². The fourth-order valence-electron chi connectivity index (χ4n) is 4.73. The summed E-state index contributed by atoms with van der Waals surface area (Å²) in [5.41, 5.74) is -0.472. The summed E-state index contributed by atoms with van der Waals surface area (Å²) in [6, 6.07) is 3.82. The van der Waals surface area contributed by atoms with Crippen molar-refractivity contribution >= 4 is 29.1 Å². The van der Waals surface area contributed by atoms with E-state index in [2.05, 4.69) is 5.32 Å². The molecule has 0 unspecified atom stereocenters. The summed E-state index contributed by atoms with van der Waals surface area (Å²) in [6.45, 7) is 5.96. The van der Waals surface area contributed by atoms with E-state index in [1.165, 1.54) is 17.8 Å². The molecule has 3 amide bonds. The highest BCUT2D eigenvalue weighted by molar-refractivity contribution is 7.12. The fourth-order valence-corrected chi connectivity index (χ4v) is 5.42. The lowest BCUT2D eigenvalue weighted by Crippen LogP contribution is -2.51. The van der Waals surface area contributed by atoms with Crippen molar-refractivity contribution in [2.24, 2.45) is 5.92 Å². The molecule has 1 aliphatic heterocycles. The van der Waals surface area contributed by atoms with Crippen LogP contribution in [0.4, 0.5) is 0 Å². The predicted molar refractivity (Wildman–Crippen MR) is 136 cm³/mol. The van der Waals surface area contributed by atoms with Crippen molar-refractivity contribution in [2.45, 2.75) is 52.0 Å². The molecule has 0 spiro atoms. The number of amides is 3. The second kappa shape index (κ2) is 11.2. The summed E-state index contributed by atoms with van der Waals surface area (Å²) in [4.78, 5) is 56.4. The van der Waals surface area contributed by atoms with E-state index in [9.17, 15) is 19.2 Å². The fraction of sp³-hybridized carbons (Fsp3) is 0.538. The Morgan fingerprint density at radius 2 is 1.60 bits per heavy atom. The summed E-state index contributed by atoms with van der Waals surface area (Å²) in [5, 5.41) is 4.70. The number of thiophene rings is 1. The van der Waals surface area contributed by atoms with E-state index in [0.717, 1.165) is 25.7 Å². The zero-order chi connectivity index (χ0) is 24.9. The zero-order valence-corrected chi connectivity index (χ0v) is 21.3. The SMILES string of the molecule is CC(C)CNC(=O)c1cn(C2CCCCC2)cc(C(=O)N2CCN(C(=O)c3cccs3)CC2)c1=O. The van der Waals surface area contributed by atoms with Gasteiger partial charge in [-0.25, -0.2) is 0 Å². The molecule has 9 heteroatoms. The third-order valence-corrected chi connectivity index (χ3v) is 7.63. The molecule has 35 heavy (non-hydrogen) atoms. The Hall–Kier alpha value is -2.94. The van der Waals surface area contributed by atoms with E-state index in [4.69, 9.17) is 0 Å². The monoisotopic (exact) mass is 498 g/mol. The van der Waals surface area contributed by atoms with Gasteiger partial charge < -0.3 is 19.7 Å². The first kappa shape index (κ1) is 25.2. The Labute approximate surface area is 209 Å². The Balaban J connectivity index is 1.56. The number of pyridine rings is 1. The minimum Gasteiger partial charge on any atom is -0.352 e. The molecule has 1 N–H and O–H groups in total. The van der Waals surface area contributed by atoms with Gasteiger partial charge in [-0.3, -0.25) is 19.2 Å². The molecule has 8 nitrogen and oxygen atoms in total. The molecule has 1 saturated heterocycles. The van der Waals surface area contributed by atoms with E-state index in [1.807, 2.05) is 29.9 Å². The second-order valence-corrected chi connectivity index (χ2v) is 10.8. The molecule has 0 radical (unpaired) electrons. The van der Waals surface area contributed by atoms with Gasteiger partial charge in [-0.1, -0.05) is 39.2 Å². The predicted octanol–water partition coefficient (Wildman–Crippen LogP) is 3.40. The van der Waals surface area contributed by atoms with Crippen LogP contribution >= 0.6 is 11.3 Å². The van der Waals surface area contributed by atoms with E-state index in [1.54, 1.807) is 28.3 Å². The number of carbonyl (C=O) groups excluding carboxylic acids is 3. The Bertz CT molecular complexity index is 1110. The lowest BCUT2D eigenvalue weighted by atomic mass is 9.95. The van der Waals surface area contributed by atoms with Crippen molar-refractivity contribution in [3.05, 3.63) is 56.1 Å². The van der Waals surface area contributed by atoms with Crippen molar-refractivity contribution in [1.29, 1.82) is 0 Å². The van der Waals surface area contributed by atoms with E-state index >= 15 is 0 Å². The Morgan fingerprint density at radius 3 is 2.20 bits per heavy atom. The summed E-state index contributed by atoms with van der Waals surface area (Å²) < 4.78 is 1.91. The van der Waals surface area contributed by atoms with Crippen LogP contribution in [0.15, 0.2) is 34.7 Å². The maximum absolute atomic E-state index is 13.5. The quantitative estimate of drug-likeness (QED) is 0.661. The van der Waals surface area contributed by atoms with Gasteiger partial charge in [0, 0.05) is 51.2 Å². The molecule has 188 valence electrons. The molecule has 0 bridgehead atoms. The van der Waals surface area contributed by atoms with Crippen molar-refractivity contribution in [3.63, 3.8) is 0 Å². The smallest absolute Gasteiger partial charge is 0.264 e. The van der Waals surface area contributed by atoms with Gasteiger partial charge in [-0.15, -0.1) is 11.3 Å². The number of rotatable bonds is 6. The first-order chi connectivity index (χ1) is 16.8. The zero-order valence-electron chi connectivity index (χ0n) is 20.5. The minimum atomic E-state index is -0.527. The standard InChI is InChI=1S/C26H34N4O4S/c1-18(2)15-27-24(32)20-16-30(19-7-4-3-5-8-19)17-21(23(20)31)25(33)28-10-12-29(13-11-28)26(34)22-9-6-14-35-22/h6,9,14,16-19H,3-5,7-8,10-13,15H2,1-2H3,(H,27,32).